The van der Waals surface area contributed by atoms with Crippen molar-refractivity contribution in [3.8, 4) is 0 Å². The van der Waals surface area contributed by atoms with Gasteiger partial charge in [0.05, 0.1) is 6.04 Å². The van der Waals surface area contributed by atoms with E-state index in [1.165, 1.54) is 15.6 Å². The van der Waals surface area contributed by atoms with Crippen molar-refractivity contribution in [2.75, 3.05) is 6.54 Å². The van der Waals surface area contributed by atoms with Crippen LogP contribution in [0.25, 0.3) is 10.1 Å². The quantitative estimate of drug-likeness (QED) is 0.897. The molecule has 0 aliphatic carbocycles. The summed E-state index contributed by atoms with van der Waals surface area (Å²) in [6.07, 6.45) is 1.10. The molecular formula is C15H20N2S. The van der Waals surface area contributed by atoms with Crippen LogP contribution in [0.4, 0.5) is 0 Å². The summed E-state index contributed by atoms with van der Waals surface area (Å²) >= 11 is 1.83. The van der Waals surface area contributed by atoms with Crippen molar-refractivity contribution in [3.05, 3.63) is 35.2 Å². The Kier molecular flexibility index (Phi) is 3.14. The summed E-state index contributed by atoms with van der Waals surface area (Å²) in [5.74, 6) is 0. The molecule has 1 aliphatic heterocycles. The van der Waals surface area contributed by atoms with Gasteiger partial charge in [-0.15, -0.1) is 11.3 Å². The molecule has 2 aromatic rings. The monoisotopic (exact) mass is 260 g/mol. The van der Waals surface area contributed by atoms with E-state index in [4.69, 9.17) is 5.73 Å². The molecule has 0 saturated carbocycles. The van der Waals surface area contributed by atoms with Gasteiger partial charge in [-0.25, -0.2) is 0 Å². The van der Waals surface area contributed by atoms with Crippen LogP contribution in [0, 0.1) is 0 Å². The van der Waals surface area contributed by atoms with Gasteiger partial charge in [-0.3, -0.25) is 4.90 Å². The van der Waals surface area contributed by atoms with Crippen LogP contribution in [0.2, 0.25) is 0 Å². The zero-order valence-electron chi connectivity index (χ0n) is 11.0. The van der Waals surface area contributed by atoms with Crippen molar-refractivity contribution in [1.29, 1.82) is 0 Å². The maximum absolute atomic E-state index is 6.35. The van der Waals surface area contributed by atoms with E-state index in [9.17, 15) is 0 Å². The second kappa shape index (κ2) is 4.65. The average Bonchev–Trinajstić information content (AvgIpc) is 2.92. The van der Waals surface area contributed by atoms with Gasteiger partial charge in [-0.1, -0.05) is 18.2 Å². The molecule has 0 bridgehead atoms. The third-order valence-electron chi connectivity index (χ3n) is 3.98. The van der Waals surface area contributed by atoms with Crippen LogP contribution in [0.5, 0.6) is 0 Å². The fourth-order valence-electron chi connectivity index (χ4n) is 3.06. The third-order valence-corrected chi connectivity index (χ3v) is 4.96. The van der Waals surface area contributed by atoms with Crippen LogP contribution in [0.1, 0.15) is 31.9 Å². The van der Waals surface area contributed by atoms with E-state index >= 15 is 0 Å². The van der Waals surface area contributed by atoms with Gasteiger partial charge in [-0.2, -0.15) is 0 Å². The molecule has 1 aromatic carbocycles. The predicted molar refractivity (Wildman–Crippen MR) is 79.0 cm³/mol. The molecule has 96 valence electrons. The lowest BCUT2D eigenvalue weighted by Crippen LogP contribution is -2.35. The van der Waals surface area contributed by atoms with Crippen LogP contribution >= 0.6 is 11.3 Å². The highest BCUT2D eigenvalue weighted by atomic mass is 32.1. The van der Waals surface area contributed by atoms with Crippen molar-refractivity contribution in [2.45, 2.75) is 38.4 Å². The highest BCUT2D eigenvalue weighted by Gasteiger charge is 2.35. The normalized spacial score (nSPS) is 25.3. The standard InChI is InChI=1S/C15H20N2S/c1-10(2)17-8-7-13(16)15(17)12-9-18-14-6-4-3-5-11(12)14/h3-6,9-10,13,15H,7-8,16H2,1-2H3. The highest BCUT2D eigenvalue weighted by Crippen LogP contribution is 2.39. The summed E-state index contributed by atoms with van der Waals surface area (Å²) in [6.45, 7) is 5.65. The molecule has 2 atom stereocenters. The number of hydrogen-bond acceptors (Lipinski definition) is 3. The first kappa shape index (κ1) is 12.2. The summed E-state index contributed by atoms with van der Waals surface area (Å²) < 4.78 is 1.37. The van der Waals surface area contributed by atoms with Gasteiger partial charge in [0.25, 0.3) is 0 Å². The largest absolute Gasteiger partial charge is 0.326 e. The van der Waals surface area contributed by atoms with E-state index < -0.39 is 0 Å². The fraction of sp³-hybridized carbons (Fsp3) is 0.467. The molecule has 18 heavy (non-hydrogen) atoms. The molecular weight excluding hydrogens is 240 g/mol. The van der Waals surface area contributed by atoms with Crippen molar-refractivity contribution >= 4 is 21.4 Å². The minimum atomic E-state index is 0.269. The number of benzene rings is 1. The van der Waals surface area contributed by atoms with Crippen molar-refractivity contribution in [3.63, 3.8) is 0 Å². The summed E-state index contributed by atoms with van der Waals surface area (Å²) in [7, 11) is 0. The first-order valence-electron chi connectivity index (χ1n) is 6.66. The molecule has 2 heterocycles. The molecule has 3 rings (SSSR count). The van der Waals surface area contributed by atoms with Gasteiger partial charge in [0, 0.05) is 23.3 Å². The number of likely N-dealkylation sites (tertiary alicyclic amines) is 1. The molecule has 0 radical (unpaired) electrons. The predicted octanol–water partition coefficient (Wildman–Crippen LogP) is 3.38. The highest BCUT2D eigenvalue weighted by molar-refractivity contribution is 7.17. The molecule has 1 aliphatic rings. The molecule has 2 nitrogen and oxygen atoms in total. The van der Waals surface area contributed by atoms with E-state index in [1.54, 1.807) is 0 Å². The fourth-order valence-corrected chi connectivity index (χ4v) is 4.05. The maximum atomic E-state index is 6.35. The first-order valence-corrected chi connectivity index (χ1v) is 7.54. The van der Waals surface area contributed by atoms with E-state index in [1.807, 2.05) is 11.3 Å². The molecule has 1 fully saturated rings. The molecule has 1 aromatic heterocycles. The Morgan fingerprint density at radius 3 is 2.89 bits per heavy atom. The van der Waals surface area contributed by atoms with E-state index in [0.717, 1.165) is 13.0 Å². The van der Waals surface area contributed by atoms with Crippen LogP contribution in [-0.4, -0.2) is 23.5 Å². The van der Waals surface area contributed by atoms with E-state index in [-0.39, 0.29) is 6.04 Å². The minimum Gasteiger partial charge on any atom is -0.326 e. The lowest BCUT2D eigenvalue weighted by Gasteiger charge is -2.30. The Morgan fingerprint density at radius 1 is 1.33 bits per heavy atom. The zero-order chi connectivity index (χ0) is 12.7. The second-order valence-corrected chi connectivity index (χ2v) is 6.33. The van der Waals surface area contributed by atoms with Crippen LogP contribution < -0.4 is 5.73 Å². The smallest absolute Gasteiger partial charge is 0.0516 e. The van der Waals surface area contributed by atoms with Crippen molar-refractivity contribution in [2.24, 2.45) is 5.73 Å². The molecule has 0 amide bonds. The minimum absolute atomic E-state index is 0.269. The SMILES string of the molecule is CC(C)N1CCC(N)C1c1csc2ccccc12. The summed E-state index contributed by atoms with van der Waals surface area (Å²) in [4.78, 5) is 2.54. The topological polar surface area (TPSA) is 29.3 Å². The van der Waals surface area contributed by atoms with Gasteiger partial charge < -0.3 is 5.73 Å². The van der Waals surface area contributed by atoms with Gasteiger partial charge in [0.15, 0.2) is 0 Å². The van der Waals surface area contributed by atoms with E-state index in [0.29, 0.717) is 12.1 Å². The maximum Gasteiger partial charge on any atom is 0.0516 e. The lowest BCUT2D eigenvalue weighted by molar-refractivity contribution is 0.199. The Labute approximate surface area is 112 Å². The molecule has 2 N–H and O–H groups in total. The van der Waals surface area contributed by atoms with Gasteiger partial charge >= 0.3 is 0 Å². The van der Waals surface area contributed by atoms with Crippen LogP contribution in [0.3, 0.4) is 0 Å². The number of nitrogens with zero attached hydrogens (tertiary/aromatic N) is 1. The summed E-state index contributed by atoms with van der Waals surface area (Å²) in [5, 5.41) is 3.69. The summed E-state index contributed by atoms with van der Waals surface area (Å²) in [6, 6.07) is 9.87. The Balaban J connectivity index is 2.07. The van der Waals surface area contributed by atoms with Crippen LogP contribution in [-0.2, 0) is 0 Å². The van der Waals surface area contributed by atoms with Gasteiger partial charge in [0.2, 0.25) is 0 Å². The average molecular weight is 260 g/mol. The number of thiophene rings is 1. The molecule has 2 unspecified atom stereocenters. The number of fused-ring (bicyclic) bond motifs is 1. The first-order chi connectivity index (χ1) is 8.68. The van der Waals surface area contributed by atoms with Crippen molar-refractivity contribution < 1.29 is 0 Å². The molecule has 1 saturated heterocycles. The van der Waals surface area contributed by atoms with E-state index in [2.05, 4.69) is 48.4 Å². The third kappa shape index (κ3) is 1.87. The Morgan fingerprint density at radius 2 is 2.11 bits per heavy atom. The number of rotatable bonds is 2. The Bertz CT molecular complexity index is 546. The van der Waals surface area contributed by atoms with Crippen LogP contribution in [0.15, 0.2) is 29.6 Å². The lowest BCUT2D eigenvalue weighted by atomic mass is 9.99. The Hall–Kier alpha value is -0.900. The van der Waals surface area contributed by atoms with Crippen molar-refractivity contribution in [1.82, 2.24) is 4.90 Å². The second-order valence-electron chi connectivity index (χ2n) is 5.42. The molecule has 3 heteroatoms. The molecule has 0 spiro atoms. The number of nitrogens with two attached hydrogens (primary N) is 1. The summed E-state index contributed by atoms with van der Waals surface area (Å²) in [5.41, 5.74) is 7.78. The van der Waals surface area contributed by atoms with Gasteiger partial charge in [0.1, 0.15) is 0 Å². The van der Waals surface area contributed by atoms with Gasteiger partial charge in [-0.05, 0) is 42.7 Å². The number of hydrogen-bond donors (Lipinski definition) is 1. The zero-order valence-corrected chi connectivity index (χ0v) is 11.8.